The van der Waals surface area contributed by atoms with Crippen molar-refractivity contribution in [2.24, 2.45) is 5.73 Å². The van der Waals surface area contributed by atoms with Crippen LogP contribution in [-0.4, -0.2) is 17.3 Å². The van der Waals surface area contributed by atoms with Gasteiger partial charge in [-0.1, -0.05) is 57.6 Å². The predicted octanol–water partition coefficient (Wildman–Crippen LogP) is 4.17. The van der Waals surface area contributed by atoms with Gasteiger partial charge in [-0.2, -0.15) is 0 Å². The second kappa shape index (κ2) is 13.1. The summed E-state index contributed by atoms with van der Waals surface area (Å²) in [6.45, 7) is 4.10. The molecule has 0 aromatic carbocycles. The molecule has 0 amide bonds. The molecule has 0 aromatic rings. The van der Waals surface area contributed by atoms with Gasteiger partial charge in [0.15, 0.2) is 0 Å². The van der Waals surface area contributed by atoms with E-state index in [2.05, 4.69) is 19.1 Å². The normalized spacial score (nSPS) is 15.1. The van der Waals surface area contributed by atoms with Crippen LogP contribution in [0.15, 0.2) is 12.2 Å². The van der Waals surface area contributed by atoms with Crippen LogP contribution in [0.1, 0.15) is 78.1 Å². The van der Waals surface area contributed by atoms with Crippen LogP contribution in [-0.2, 0) is 0 Å². The Balaban J connectivity index is 3.14. The second-order valence-corrected chi connectivity index (χ2v) is 5.39. The summed E-state index contributed by atoms with van der Waals surface area (Å²) in [6.07, 6.45) is 16.5. The van der Waals surface area contributed by atoms with Crippen LogP contribution in [0, 0.1) is 0 Å². The van der Waals surface area contributed by atoms with E-state index in [0.717, 1.165) is 12.8 Å². The molecule has 0 rings (SSSR count). The Morgan fingerprint density at radius 2 is 1.50 bits per heavy atom. The Hall–Kier alpha value is -0.340. The maximum atomic E-state index is 9.54. The van der Waals surface area contributed by atoms with E-state index in [1.54, 1.807) is 0 Å². The number of aliphatic hydroxyl groups is 1. The van der Waals surface area contributed by atoms with Gasteiger partial charge in [0.1, 0.15) is 0 Å². The molecular weight excluding hydrogens is 222 g/mol. The minimum absolute atomic E-state index is 0.0849. The van der Waals surface area contributed by atoms with E-state index in [0.29, 0.717) is 0 Å². The average molecular weight is 255 g/mol. The predicted molar refractivity (Wildman–Crippen MR) is 80.6 cm³/mol. The zero-order chi connectivity index (χ0) is 13.6. The van der Waals surface area contributed by atoms with Crippen molar-refractivity contribution >= 4 is 0 Å². The molecule has 2 heteroatoms. The Bertz CT molecular complexity index is 190. The van der Waals surface area contributed by atoms with Crippen LogP contribution in [0.5, 0.6) is 0 Å². The van der Waals surface area contributed by atoms with Crippen LogP contribution < -0.4 is 5.73 Å². The summed E-state index contributed by atoms with van der Waals surface area (Å²) in [7, 11) is 0. The maximum absolute atomic E-state index is 9.54. The van der Waals surface area contributed by atoms with Gasteiger partial charge in [-0.25, -0.2) is 0 Å². The molecule has 0 unspecified atom stereocenters. The first-order valence-corrected chi connectivity index (χ1v) is 7.77. The lowest BCUT2D eigenvalue weighted by atomic mass is 10.0. The molecule has 18 heavy (non-hydrogen) atoms. The Morgan fingerprint density at radius 3 is 2.11 bits per heavy atom. The minimum Gasteiger partial charge on any atom is -0.392 e. The highest BCUT2D eigenvalue weighted by atomic mass is 16.3. The number of allylic oxidation sites excluding steroid dienone is 2. The van der Waals surface area contributed by atoms with E-state index >= 15 is 0 Å². The monoisotopic (exact) mass is 255 g/mol. The summed E-state index contributed by atoms with van der Waals surface area (Å²) >= 11 is 0. The van der Waals surface area contributed by atoms with Crippen molar-refractivity contribution in [3.8, 4) is 0 Å². The molecule has 0 fully saturated rings. The summed E-state index contributed by atoms with van der Waals surface area (Å²) in [4.78, 5) is 0. The lowest BCUT2D eigenvalue weighted by Gasteiger charge is -2.13. The fraction of sp³-hybridized carbons (Fsp3) is 0.875. The topological polar surface area (TPSA) is 46.2 Å². The molecular formula is C16H33NO. The van der Waals surface area contributed by atoms with Crippen LogP contribution in [0.4, 0.5) is 0 Å². The first kappa shape index (κ1) is 17.7. The van der Waals surface area contributed by atoms with Crippen LogP contribution in [0.2, 0.25) is 0 Å². The summed E-state index contributed by atoms with van der Waals surface area (Å²) < 4.78 is 0. The maximum Gasteiger partial charge on any atom is 0.0688 e. The number of hydrogen-bond acceptors (Lipinski definition) is 2. The second-order valence-electron chi connectivity index (χ2n) is 5.39. The fourth-order valence-electron chi connectivity index (χ4n) is 1.97. The highest BCUT2D eigenvalue weighted by Crippen LogP contribution is 2.10. The van der Waals surface area contributed by atoms with E-state index in [-0.39, 0.29) is 12.1 Å². The minimum atomic E-state index is -0.313. The zero-order valence-electron chi connectivity index (χ0n) is 12.4. The molecule has 0 aliphatic rings. The third kappa shape index (κ3) is 12.1. The molecule has 0 spiro atoms. The molecule has 0 aromatic heterocycles. The quantitative estimate of drug-likeness (QED) is 0.406. The molecule has 3 N–H and O–H groups in total. The molecule has 0 saturated carbocycles. The molecule has 2 atom stereocenters. The molecule has 108 valence electrons. The zero-order valence-corrected chi connectivity index (χ0v) is 12.4. The van der Waals surface area contributed by atoms with Crippen molar-refractivity contribution in [1.82, 2.24) is 0 Å². The van der Waals surface area contributed by atoms with Gasteiger partial charge in [0, 0.05) is 6.04 Å². The first-order chi connectivity index (χ1) is 8.68. The first-order valence-electron chi connectivity index (χ1n) is 7.77. The third-order valence-corrected chi connectivity index (χ3v) is 3.37. The number of aliphatic hydroxyl groups excluding tert-OH is 1. The standard InChI is InChI=1S/C16H33NO/c1-3-4-5-6-7-8-9-10-11-12-13-14-16(18)15(2)17/h6-7,15-16,18H,3-5,8-14,17H2,1-2H3/b7-6-/t15-,16+/m0/s1. The van der Waals surface area contributed by atoms with Crippen molar-refractivity contribution in [2.75, 3.05) is 0 Å². The highest BCUT2D eigenvalue weighted by molar-refractivity contribution is 4.81. The number of rotatable bonds is 12. The third-order valence-electron chi connectivity index (χ3n) is 3.37. The van der Waals surface area contributed by atoms with E-state index in [9.17, 15) is 5.11 Å². The fourth-order valence-corrected chi connectivity index (χ4v) is 1.97. The van der Waals surface area contributed by atoms with Crippen molar-refractivity contribution in [1.29, 1.82) is 0 Å². The molecule has 0 bridgehead atoms. The highest BCUT2D eigenvalue weighted by Gasteiger charge is 2.07. The van der Waals surface area contributed by atoms with Crippen molar-refractivity contribution < 1.29 is 5.11 Å². The Labute approximate surface area is 114 Å². The van der Waals surface area contributed by atoms with Gasteiger partial charge in [0.05, 0.1) is 6.10 Å². The van der Waals surface area contributed by atoms with Gasteiger partial charge >= 0.3 is 0 Å². The molecule has 0 radical (unpaired) electrons. The van der Waals surface area contributed by atoms with Gasteiger partial charge in [-0.3, -0.25) is 0 Å². The van der Waals surface area contributed by atoms with Crippen LogP contribution >= 0.6 is 0 Å². The van der Waals surface area contributed by atoms with E-state index < -0.39 is 0 Å². The SMILES string of the molecule is CCCC/C=C\CCCCCCC[C@@H](O)[C@H](C)N. The lowest BCUT2D eigenvalue weighted by molar-refractivity contribution is 0.138. The van der Waals surface area contributed by atoms with E-state index in [1.165, 1.54) is 51.4 Å². The lowest BCUT2D eigenvalue weighted by Crippen LogP contribution is -2.31. The van der Waals surface area contributed by atoms with Crippen LogP contribution in [0.3, 0.4) is 0 Å². The summed E-state index contributed by atoms with van der Waals surface area (Å²) in [5, 5.41) is 9.54. The molecule has 0 aliphatic heterocycles. The largest absolute Gasteiger partial charge is 0.392 e. The van der Waals surface area contributed by atoms with E-state index in [1.807, 2.05) is 6.92 Å². The van der Waals surface area contributed by atoms with E-state index in [4.69, 9.17) is 5.73 Å². The number of nitrogens with two attached hydrogens (primary N) is 1. The summed E-state index contributed by atoms with van der Waals surface area (Å²) in [5.41, 5.74) is 5.61. The smallest absolute Gasteiger partial charge is 0.0688 e. The van der Waals surface area contributed by atoms with Gasteiger partial charge in [0.25, 0.3) is 0 Å². The van der Waals surface area contributed by atoms with Crippen molar-refractivity contribution in [2.45, 2.75) is 90.2 Å². The van der Waals surface area contributed by atoms with Gasteiger partial charge in [0.2, 0.25) is 0 Å². The van der Waals surface area contributed by atoms with Gasteiger partial charge in [-0.15, -0.1) is 0 Å². The molecule has 0 saturated heterocycles. The summed E-state index contributed by atoms with van der Waals surface area (Å²) in [6, 6.07) is -0.0849. The summed E-state index contributed by atoms with van der Waals surface area (Å²) in [5.74, 6) is 0. The number of hydrogen-bond donors (Lipinski definition) is 2. The molecule has 2 nitrogen and oxygen atoms in total. The average Bonchev–Trinajstić information content (AvgIpc) is 2.35. The Kier molecular flexibility index (Phi) is 12.9. The molecule has 0 heterocycles. The van der Waals surface area contributed by atoms with Gasteiger partial charge in [-0.05, 0) is 32.6 Å². The van der Waals surface area contributed by atoms with Crippen molar-refractivity contribution in [3.63, 3.8) is 0 Å². The van der Waals surface area contributed by atoms with Gasteiger partial charge < -0.3 is 10.8 Å². The number of unbranched alkanes of at least 4 members (excludes halogenated alkanes) is 7. The van der Waals surface area contributed by atoms with Crippen molar-refractivity contribution in [3.05, 3.63) is 12.2 Å². The van der Waals surface area contributed by atoms with Crippen LogP contribution in [0.25, 0.3) is 0 Å². The molecule has 0 aliphatic carbocycles. The Morgan fingerprint density at radius 1 is 0.944 bits per heavy atom.